The Kier molecular flexibility index (Phi) is 8.34. The van der Waals surface area contributed by atoms with E-state index in [0.29, 0.717) is 23.0 Å². The number of benzene rings is 1. The van der Waals surface area contributed by atoms with Crippen LogP contribution in [0.4, 0.5) is 5.69 Å². The molecule has 1 aliphatic heterocycles. The lowest BCUT2D eigenvalue weighted by Gasteiger charge is -2.26. The Labute approximate surface area is 165 Å². The highest BCUT2D eigenvalue weighted by atomic mass is 35.5. The van der Waals surface area contributed by atoms with Gasteiger partial charge in [0.1, 0.15) is 5.75 Å². The second kappa shape index (κ2) is 10.5. The molecule has 2 rings (SSSR count). The fraction of sp³-hybridized carbons (Fsp3) is 0.579. The lowest BCUT2D eigenvalue weighted by atomic mass is 10.1. The van der Waals surface area contributed by atoms with E-state index in [2.05, 4.69) is 10.2 Å². The van der Waals surface area contributed by atoms with Crippen LogP contribution in [0.15, 0.2) is 12.1 Å². The van der Waals surface area contributed by atoms with Crippen molar-refractivity contribution in [3.8, 4) is 5.75 Å². The van der Waals surface area contributed by atoms with Crippen molar-refractivity contribution in [2.75, 3.05) is 57.9 Å². The van der Waals surface area contributed by atoms with E-state index in [9.17, 15) is 9.59 Å². The van der Waals surface area contributed by atoms with Crippen molar-refractivity contribution >= 4 is 29.1 Å². The summed E-state index contributed by atoms with van der Waals surface area (Å²) in [5.74, 6) is 0.267. The molecule has 1 aromatic carbocycles. The SMILES string of the molecule is COc1cc(Cl)c(C)cc1N(CCC(=O)NCCN1CCOCC1)C(C)=O. The first-order chi connectivity index (χ1) is 12.9. The summed E-state index contributed by atoms with van der Waals surface area (Å²) in [7, 11) is 1.53. The third kappa shape index (κ3) is 6.37. The van der Waals surface area contributed by atoms with Gasteiger partial charge in [0.2, 0.25) is 11.8 Å². The van der Waals surface area contributed by atoms with Gasteiger partial charge in [0, 0.05) is 57.2 Å². The van der Waals surface area contributed by atoms with E-state index in [1.54, 1.807) is 17.0 Å². The summed E-state index contributed by atoms with van der Waals surface area (Å²) >= 11 is 6.14. The van der Waals surface area contributed by atoms with Crippen LogP contribution in [0.1, 0.15) is 18.9 Å². The maximum Gasteiger partial charge on any atom is 0.223 e. The topological polar surface area (TPSA) is 71.1 Å². The van der Waals surface area contributed by atoms with Crippen LogP contribution < -0.4 is 15.0 Å². The van der Waals surface area contributed by atoms with E-state index in [-0.39, 0.29) is 24.8 Å². The molecular formula is C19H28ClN3O4. The minimum Gasteiger partial charge on any atom is -0.495 e. The van der Waals surface area contributed by atoms with Gasteiger partial charge < -0.3 is 19.7 Å². The number of nitrogens with one attached hydrogen (secondary N) is 1. The van der Waals surface area contributed by atoms with Crippen molar-refractivity contribution in [1.29, 1.82) is 0 Å². The molecule has 1 aliphatic rings. The van der Waals surface area contributed by atoms with E-state index >= 15 is 0 Å². The van der Waals surface area contributed by atoms with E-state index in [4.69, 9.17) is 21.1 Å². The second-order valence-electron chi connectivity index (χ2n) is 6.50. The predicted molar refractivity (Wildman–Crippen MR) is 106 cm³/mol. The number of methoxy groups -OCH3 is 1. The Balaban J connectivity index is 1.90. The smallest absolute Gasteiger partial charge is 0.223 e. The molecule has 0 radical (unpaired) electrons. The molecule has 0 aliphatic carbocycles. The van der Waals surface area contributed by atoms with E-state index in [1.165, 1.54) is 14.0 Å². The number of amides is 2. The lowest BCUT2D eigenvalue weighted by molar-refractivity contribution is -0.121. The van der Waals surface area contributed by atoms with Crippen molar-refractivity contribution in [3.05, 3.63) is 22.7 Å². The Morgan fingerprint density at radius 1 is 1.33 bits per heavy atom. The molecule has 0 bridgehead atoms. The van der Waals surface area contributed by atoms with Gasteiger partial charge in [0.15, 0.2) is 0 Å². The van der Waals surface area contributed by atoms with Crippen molar-refractivity contribution in [1.82, 2.24) is 10.2 Å². The molecule has 0 aromatic heterocycles. The molecule has 8 heteroatoms. The Morgan fingerprint density at radius 2 is 2.04 bits per heavy atom. The second-order valence-corrected chi connectivity index (χ2v) is 6.91. The van der Waals surface area contributed by atoms with Gasteiger partial charge in [0.05, 0.1) is 26.0 Å². The minimum atomic E-state index is -0.156. The van der Waals surface area contributed by atoms with Crippen molar-refractivity contribution in [2.45, 2.75) is 20.3 Å². The van der Waals surface area contributed by atoms with Gasteiger partial charge in [-0.25, -0.2) is 0 Å². The highest BCUT2D eigenvalue weighted by Crippen LogP contribution is 2.34. The van der Waals surface area contributed by atoms with Gasteiger partial charge in [0.25, 0.3) is 0 Å². The number of morpholine rings is 1. The van der Waals surface area contributed by atoms with Crippen LogP contribution in [0.2, 0.25) is 5.02 Å². The zero-order chi connectivity index (χ0) is 19.8. The molecule has 0 saturated carbocycles. The highest BCUT2D eigenvalue weighted by Gasteiger charge is 2.19. The summed E-state index contributed by atoms with van der Waals surface area (Å²) in [6.07, 6.45) is 0.216. The summed E-state index contributed by atoms with van der Waals surface area (Å²) in [5, 5.41) is 3.48. The summed E-state index contributed by atoms with van der Waals surface area (Å²) in [6.45, 7) is 8.26. The third-order valence-corrected chi connectivity index (χ3v) is 4.95. The summed E-state index contributed by atoms with van der Waals surface area (Å²) < 4.78 is 10.7. The van der Waals surface area contributed by atoms with Crippen LogP contribution in [0.5, 0.6) is 5.75 Å². The van der Waals surface area contributed by atoms with E-state index in [0.717, 1.165) is 38.4 Å². The van der Waals surface area contributed by atoms with Crippen molar-refractivity contribution in [2.24, 2.45) is 0 Å². The average Bonchev–Trinajstić information content (AvgIpc) is 2.65. The molecule has 27 heavy (non-hydrogen) atoms. The lowest BCUT2D eigenvalue weighted by Crippen LogP contribution is -2.42. The van der Waals surface area contributed by atoms with Gasteiger partial charge in [-0.3, -0.25) is 14.5 Å². The summed E-state index contributed by atoms with van der Waals surface area (Å²) in [4.78, 5) is 28.1. The summed E-state index contributed by atoms with van der Waals surface area (Å²) in [5.41, 5.74) is 1.46. The number of hydrogen-bond acceptors (Lipinski definition) is 5. The molecule has 7 nitrogen and oxygen atoms in total. The molecule has 1 heterocycles. The van der Waals surface area contributed by atoms with Crippen LogP contribution in [0.25, 0.3) is 0 Å². The molecule has 1 N–H and O–H groups in total. The molecule has 150 valence electrons. The van der Waals surface area contributed by atoms with Gasteiger partial charge in [-0.2, -0.15) is 0 Å². The summed E-state index contributed by atoms with van der Waals surface area (Å²) in [6, 6.07) is 3.49. The third-order valence-electron chi connectivity index (χ3n) is 4.55. The fourth-order valence-electron chi connectivity index (χ4n) is 2.95. The number of rotatable bonds is 8. The molecule has 1 aromatic rings. The van der Waals surface area contributed by atoms with E-state index < -0.39 is 0 Å². The number of ether oxygens (including phenoxy) is 2. The number of carbonyl (C=O) groups is 2. The molecule has 1 fully saturated rings. The van der Waals surface area contributed by atoms with E-state index in [1.807, 2.05) is 6.92 Å². The average molecular weight is 398 g/mol. The van der Waals surface area contributed by atoms with Gasteiger partial charge in [-0.05, 0) is 18.6 Å². The van der Waals surface area contributed by atoms with Crippen LogP contribution in [-0.4, -0.2) is 69.8 Å². The standard InChI is InChI=1S/C19H28ClN3O4/c1-14-12-17(18(26-3)13-16(14)20)23(15(2)24)6-4-19(25)21-5-7-22-8-10-27-11-9-22/h12-13H,4-11H2,1-3H3,(H,21,25). The quantitative estimate of drug-likeness (QED) is 0.724. The Morgan fingerprint density at radius 3 is 2.67 bits per heavy atom. The zero-order valence-electron chi connectivity index (χ0n) is 16.2. The highest BCUT2D eigenvalue weighted by molar-refractivity contribution is 6.31. The first-order valence-electron chi connectivity index (χ1n) is 9.11. The number of carbonyl (C=O) groups excluding carboxylic acids is 2. The van der Waals surface area contributed by atoms with Crippen LogP contribution >= 0.6 is 11.6 Å². The molecular weight excluding hydrogens is 370 g/mol. The fourth-order valence-corrected chi connectivity index (χ4v) is 3.10. The predicted octanol–water partition coefficient (Wildman–Crippen LogP) is 1.85. The number of aryl methyl sites for hydroxylation is 1. The van der Waals surface area contributed by atoms with Crippen LogP contribution in [0.3, 0.4) is 0 Å². The number of nitrogens with zero attached hydrogens (tertiary/aromatic N) is 2. The largest absolute Gasteiger partial charge is 0.495 e. The van der Waals surface area contributed by atoms with Crippen LogP contribution in [0, 0.1) is 6.92 Å². The monoisotopic (exact) mass is 397 g/mol. The van der Waals surface area contributed by atoms with Crippen molar-refractivity contribution < 1.29 is 19.1 Å². The maximum absolute atomic E-state index is 12.2. The number of hydrogen-bond donors (Lipinski definition) is 1. The normalized spacial score (nSPS) is 14.7. The number of halogens is 1. The Hall–Kier alpha value is -1.83. The Bertz CT molecular complexity index is 663. The first kappa shape index (κ1) is 21.5. The molecule has 1 saturated heterocycles. The molecule has 0 spiro atoms. The molecule has 0 unspecified atom stereocenters. The van der Waals surface area contributed by atoms with Gasteiger partial charge in [-0.15, -0.1) is 0 Å². The van der Waals surface area contributed by atoms with Crippen LogP contribution in [-0.2, 0) is 14.3 Å². The molecule has 2 amide bonds. The zero-order valence-corrected chi connectivity index (χ0v) is 17.0. The first-order valence-corrected chi connectivity index (χ1v) is 9.49. The van der Waals surface area contributed by atoms with Gasteiger partial charge >= 0.3 is 0 Å². The van der Waals surface area contributed by atoms with Crippen molar-refractivity contribution in [3.63, 3.8) is 0 Å². The maximum atomic E-state index is 12.2. The van der Waals surface area contributed by atoms with Gasteiger partial charge in [-0.1, -0.05) is 11.6 Å². The number of anilines is 1. The molecule has 0 atom stereocenters. The minimum absolute atomic E-state index is 0.0841.